The number of carbonyl (C=O) groups is 1. The summed E-state index contributed by atoms with van der Waals surface area (Å²) in [6, 6.07) is -0.0813. The van der Waals surface area contributed by atoms with Crippen molar-refractivity contribution < 1.29 is 14.3 Å². The zero-order valence-corrected chi connectivity index (χ0v) is 9.29. The summed E-state index contributed by atoms with van der Waals surface area (Å²) in [7, 11) is 1.58. The number of rotatable bonds is 7. The van der Waals surface area contributed by atoms with E-state index in [1.54, 1.807) is 14.0 Å². The molecule has 2 N–H and O–H groups in total. The van der Waals surface area contributed by atoms with Crippen molar-refractivity contribution in [2.75, 3.05) is 13.7 Å². The number of hydrogen-bond donors (Lipinski definition) is 1. The van der Waals surface area contributed by atoms with Crippen LogP contribution in [0.5, 0.6) is 0 Å². The Morgan fingerprint density at radius 3 is 2.64 bits per heavy atom. The molecule has 0 aliphatic heterocycles. The molecule has 0 heterocycles. The van der Waals surface area contributed by atoms with Crippen molar-refractivity contribution in [1.82, 2.24) is 0 Å². The molecule has 14 heavy (non-hydrogen) atoms. The Balaban J connectivity index is 3.63. The van der Waals surface area contributed by atoms with Crippen LogP contribution >= 0.6 is 0 Å². The minimum Gasteiger partial charge on any atom is -0.460 e. The van der Waals surface area contributed by atoms with Gasteiger partial charge in [-0.1, -0.05) is 13.3 Å². The number of carbonyl (C=O) groups excluding carboxylic acids is 1. The SMILES string of the molecule is CCCC(N)CC(=O)OC(C)COC. The molecular weight excluding hydrogens is 182 g/mol. The lowest BCUT2D eigenvalue weighted by Gasteiger charge is -2.14. The van der Waals surface area contributed by atoms with Crippen molar-refractivity contribution in [2.45, 2.75) is 45.3 Å². The van der Waals surface area contributed by atoms with Gasteiger partial charge in [0.05, 0.1) is 13.0 Å². The Hall–Kier alpha value is -0.610. The van der Waals surface area contributed by atoms with Gasteiger partial charge in [0, 0.05) is 13.2 Å². The second-order valence-corrected chi connectivity index (χ2v) is 3.51. The lowest BCUT2D eigenvalue weighted by molar-refractivity contribution is -0.150. The van der Waals surface area contributed by atoms with E-state index in [0.717, 1.165) is 12.8 Å². The highest BCUT2D eigenvalue weighted by Gasteiger charge is 2.12. The van der Waals surface area contributed by atoms with Crippen molar-refractivity contribution in [3.05, 3.63) is 0 Å². The minimum atomic E-state index is -0.240. The Morgan fingerprint density at radius 2 is 2.14 bits per heavy atom. The van der Waals surface area contributed by atoms with Gasteiger partial charge >= 0.3 is 5.97 Å². The summed E-state index contributed by atoms with van der Waals surface area (Å²) in [6.45, 7) is 4.26. The molecule has 0 amide bonds. The van der Waals surface area contributed by atoms with E-state index in [1.807, 2.05) is 6.92 Å². The van der Waals surface area contributed by atoms with Crippen molar-refractivity contribution in [2.24, 2.45) is 5.73 Å². The standard InChI is InChI=1S/C10H21NO3/c1-4-5-9(11)6-10(12)14-8(2)7-13-3/h8-9H,4-7,11H2,1-3H3. The Labute approximate surface area is 85.8 Å². The molecule has 2 unspecified atom stereocenters. The van der Waals surface area contributed by atoms with Gasteiger partial charge in [0.15, 0.2) is 0 Å². The molecule has 0 saturated carbocycles. The molecular formula is C10H21NO3. The molecule has 0 saturated heterocycles. The quantitative estimate of drug-likeness (QED) is 0.629. The molecule has 84 valence electrons. The smallest absolute Gasteiger partial charge is 0.307 e. The van der Waals surface area contributed by atoms with Gasteiger partial charge in [-0.05, 0) is 13.3 Å². The topological polar surface area (TPSA) is 61.6 Å². The Morgan fingerprint density at radius 1 is 1.50 bits per heavy atom. The van der Waals surface area contributed by atoms with Crippen LogP contribution in [0.1, 0.15) is 33.1 Å². The molecule has 0 fully saturated rings. The summed E-state index contributed by atoms with van der Waals surface area (Å²) in [4.78, 5) is 11.3. The molecule has 2 atom stereocenters. The first-order valence-corrected chi connectivity index (χ1v) is 5.04. The first-order valence-electron chi connectivity index (χ1n) is 5.04. The molecule has 0 rings (SSSR count). The van der Waals surface area contributed by atoms with Gasteiger partial charge in [-0.15, -0.1) is 0 Å². The minimum absolute atomic E-state index is 0.0813. The number of nitrogens with two attached hydrogens (primary N) is 1. The largest absolute Gasteiger partial charge is 0.460 e. The van der Waals surface area contributed by atoms with Crippen LogP contribution in [-0.4, -0.2) is 31.8 Å². The predicted molar refractivity (Wildman–Crippen MR) is 54.9 cm³/mol. The van der Waals surface area contributed by atoms with Crippen molar-refractivity contribution >= 4 is 5.97 Å². The zero-order chi connectivity index (χ0) is 11.0. The Kier molecular flexibility index (Phi) is 7.42. The molecule has 0 aliphatic carbocycles. The van der Waals surface area contributed by atoms with E-state index in [2.05, 4.69) is 0 Å². The average Bonchev–Trinajstić information content (AvgIpc) is 2.03. The second-order valence-electron chi connectivity index (χ2n) is 3.51. The molecule has 4 heteroatoms. The summed E-state index contributed by atoms with van der Waals surface area (Å²) < 4.78 is 9.91. The third-order valence-electron chi connectivity index (χ3n) is 1.82. The van der Waals surface area contributed by atoms with Crippen molar-refractivity contribution in [3.63, 3.8) is 0 Å². The van der Waals surface area contributed by atoms with E-state index in [-0.39, 0.29) is 18.1 Å². The number of hydrogen-bond acceptors (Lipinski definition) is 4. The highest BCUT2D eigenvalue weighted by atomic mass is 16.6. The van der Waals surface area contributed by atoms with E-state index < -0.39 is 0 Å². The molecule has 0 spiro atoms. The molecule has 0 bridgehead atoms. The highest BCUT2D eigenvalue weighted by Crippen LogP contribution is 2.02. The molecule has 0 radical (unpaired) electrons. The van der Waals surface area contributed by atoms with Gasteiger partial charge in [-0.3, -0.25) is 4.79 Å². The fourth-order valence-corrected chi connectivity index (χ4v) is 1.23. The summed E-state index contributed by atoms with van der Waals surface area (Å²) in [5, 5.41) is 0. The van der Waals surface area contributed by atoms with Crippen LogP contribution in [-0.2, 0) is 14.3 Å². The van der Waals surface area contributed by atoms with Gasteiger partial charge < -0.3 is 15.2 Å². The van der Waals surface area contributed by atoms with Gasteiger partial charge in [-0.25, -0.2) is 0 Å². The van der Waals surface area contributed by atoms with Crippen LogP contribution in [0.2, 0.25) is 0 Å². The van der Waals surface area contributed by atoms with Crippen LogP contribution in [0.25, 0.3) is 0 Å². The maximum atomic E-state index is 11.3. The maximum Gasteiger partial charge on any atom is 0.307 e. The lowest BCUT2D eigenvalue weighted by Crippen LogP contribution is -2.27. The predicted octanol–water partition coefficient (Wildman–Crippen LogP) is 1.08. The maximum absolute atomic E-state index is 11.3. The van der Waals surface area contributed by atoms with E-state index in [4.69, 9.17) is 15.2 Å². The first-order chi connectivity index (χ1) is 6.60. The summed E-state index contributed by atoms with van der Waals surface area (Å²) in [5.74, 6) is -0.240. The van der Waals surface area contributed by atoms with Crippen molar-refractivity contribution in [3.8, 4) is 0 Å². The molecule has 0 aliphatic rings. The van der Waals surface area contributed by atoms with Gasteiger partial charge in [0.1, 0.15) is 6.10 Å². The average molecular weight is 203 g/mol. The summed E-state index contributed by atoms with van der Waals surface area (Å²) >= 11 is 0. The monoisotopic (exact) mass is 203 g/mol. The Bertz CT molecular complexity index is 145. The molecule has 0 aromatic heterocycles. The third-order valence-corrected chi connectivity index (χ3v) is 1.82. The number of methoxy groups -OCH3 is 1. The van der Waals surface area contributed by atoms with E-state index in [1.165, 1.54) is 0 Å². The van der Waals surface area contributed by atoms with Crippen LogP contribution in [0, 0.1) is 0 Å². The fourth-order valence-electron chi connectivity index (χ4n) is 1.23. The summed E-state index contributed by atoms with van der Waals surface area (Å²) in [5.41, 5.74) is 5.70. The number of ether oxygens (including phenoxy) is 2. The van der Waals surface area contributed by atoms with Crippen molar-refractivity contribution in [1.29, 1.82) is 0 Å². The van der Waals surface area contributed by atoms with E-state index in [0.29, 0.717) is 13.0 Å². The number of esters is 1. The van der Waals surface area contributed by atoms with E-state index >= 15 is 0 Å². The van der Waals surface area contributed by atoms with Crippen LogP contribution in [0.15, 0.2) is 0 Å². The molecule has 0 aromatic carbocycles. The van der Waals surface area contributed by atoms with Gasteiger partial charge in [0.2, 0.25) is 0 Å². The second kappa shape index (κ2) is 7.76. The van der Waals surface area contributed by atoms with Crippen LogP contribution < -0.4 is 5.73 Å². The molecule has 4 nitrogen and oxygen atoms in total. The van der Waals surface area contributed by atoms with Crippen LogP contribution in [0.4, 0.5) is 0 Å². The van der Waals surface area contributed by atoms with Crippen LogP contribution in [0.3, 0.4) is 0 Å². The van der Waals surface area contributed by atoms with E-state index in [9.17, 15) is 4.79 Å². The summed E-state index contributed by atoms with van der Waals surface area (Å²) in [6.07, 6.45) is 1.94. The first kappa shape index (κ1) is 13.4. The van der Waals surface area contributed by atoms with Gasteiger partial charge in [-0.2, -0.15) is 0 Å². The fraction of sp³-hybridized carbons (Fsp3) is 0.900. The normalized spacial score (nSPS) is 14.9. The molecule has 0 aromatic rings. The van der Waals surface area contributed by atoms with Gasteiger partial charge in [0.25, 0.3) is 0 Å². The third kappa shape index (κ3) is 6.86. The zero-order valence-electron chi connectivity index (χ0n) is 9.29. The highest BCUT2D eigenvalue weighted by molar-refractivity contribution is 5.70. The lowest BCUT2D eigenvalue weighted by atomic mass is 10.1.